The van der Waals surface area contributed by atoms with Crippen LogP contribution in [0.15, 0.2) is 18.2 Å². The van der Waals surface area contributed by atoms with Crippen LogP contribution in [-0.4, -0.2) is 46.9 Å². The highest BCUT2D eigenvalue weighted by Gasteiger charge is 2.55. The molecule has 0 N–H and O–H groups in total. The van der Waals surface area contributed by atoms with Gasteiger partial charge in [0.2, 0.25) is 5.91 Å². The molecule has 2 heterocycles. The molecule has 5 fully saturated rings. The third-order valence-electron chi connectivity index (χ3n) is 7.90. The van der Waals surface area contributed by atoms with Gasteiger partial charge in [-0.05, 0) is 62.3 Å². The molecule has 1 amide bonds. The van der Waals surface area contributed by atoms with Gasteiger partial charge in [-0.25, -0.2) is 4.98 Å². The number of nitrogens with zero attached hydrogens (tertiary/aromatic N) is 4. The van der Waals surface area contributed by atoms with Gasteiger partial charge in [-0.3, -0.25) is 14.9 Å². The van der Waals surface area contributed by atoms with Gasteiger partial charge >= 0.3 is 0 Å². The van der Waals surface area contributed by atoms with Crippen LogP contribution in [0.2, 0.25) is 0 Å². The van der Waals surface area contributed by atoms with Crippen molar-refractivity contribution in [3.05, 3.63) is 28.3 Å². The summed E-state index contributed by atoms with van der Waals surface area (Å²) in [5.74, 6) is 2.77. The largest absolute Gasteiger partial charge is 0.345 e. The van der Waals surface area contributed by atoms with Crippen molar-refractivity contribution < 1.29 is 9.72 Å². The number of nitro groups is 1. The predicted molar refractivity (Wildman–Crippen MR) is 116 cm³/mol. The molecule has 158 valence electrons. The molecule has 2 aromatic rings. The van der Waals surface area contributed by atoms with Crippen LogP contribution in [0.4, 0.5) is 10.8 Å². The normalized spacial score (nSPS) is 32.7. The first-order valence-corrected chi connectivity index (χ1v) is 11.9. The fraction of sp³-hybridized carbons (Fsp3) is 0.636. The highest BCUT2D eigenvalue weighted by atomic mass is 32.1. The number of aromatic nitrogens is 1. The van der Waals surface area contributed by atoms with Crippen molar-refractivity contribution >= 4 is 38.3 Å². The van der Waals surface area contributed by atoms with Crippen LogP contribution in [0.5, 0.6) is 0 Å². The summed E-state index contributed by atoms with van der Waals surface area (Å²) in [4.78, 5) is 33.2. The van der Waals surface area contributed by atoms with Crippen molar-refractivity contribution in [1.82, 2.24) is 9.88 Å². The first kappa shape index (κ1) is 18.5. The van der Waals surface area contributed by atoms with Crippen molar-refractivity contribution in [1.29, 1.82) is 0 Å². The molecular formula is C22H26N4O3S. The van der Waals surface area contributed by atoms with Crippen LogP contribution >= 0.6 is 11.3 Å². The zero-order chi connectivity index (χ0) is 20.5. The first-order chi connectivity index (χ1) is 14.5. The lowest BCUT2D eigenvalue weighted by molar-refractivity contribution is -0.384. The van der Waals surface area contributed by atoms with Crippen molar-refractivity contribution in [3.63, 3.8) is 0 Å². The molecule has 1 saturated heterocycles. The zero-order valence-corrected chi connectivity index (χ0v) is 17.8. The predicted octanol–water partition coefficient (Wildman–Crippen LogP) is 4.07. The standard InChI is InChI=1S/C22H26N4O3S/c27-20(22-11-14-7-15(12-22)9-16(8-14)13-22)24-3-5-25(6-4-24)21-23-18-2-1-17(26(28)29)10-19(18)30-21/h1-2,10,14-16H,3-9,11-13H2. The molecule has 4 aliphatic carbocycles. The average Bonchev–Trinajstić information content (AvgIpc) is 3.16. The van der Waals surface area contributed by atoms with Gasteiger partial charge in [0.05, 0.1) is 20.6 Å². The molecule has 0 unspecified atom stereocenters. The maximum absolute atomic E-state index is 13.6. The molecule has 5 aliphatic rings. The zero-order valence-electron chi connectivity index (χ0n) is 17.0. The topological polar surface area (TPSA) is 79.6 Å². The molecular weight excluding hydrogens is 400 g/mol. The van der Waals surface area contributed by atoms with Crippen LogP contribution in [0.1, 0.15) is 38.5 Å². The second-order valence-electron chi connectivity index (χ2n) is 9.88. The molecule has 0 atom stereocenters. The summed E-state index contributed by atoms with van der Waals surface area (Å²) >= 11 is 1.50. The average molecular weight is 427 g/mol. The number of carbonyl (C=O) groups is 1. The SMILES string of the molecule is O=C(N1CCN(c2nc3ccc([N+](=O)[O-])cc3s2)CC1)C12CC3CC(CC(C3)C1)C2. The molecule has 0 spiro atoms. The molecule has 0 radical (unpaired) electrons. The minimum Gasteiger partial charge on any atom is -0.345 e. The lowest BCUT2D eigenvalue weighted by Gasteiger charge is -2.57. The lowest BCUT2D eigenvalue weighted by atomic mass is 9.49. The Hall–Kier alpha value is -2.22. The van der Waals surface area contributed by atoms with Crippen molar-refractivity contribution in [3.8, 4) is 0 Å². The van der Waals surface area contributed by atoms with Crippen molar-refractivity contribution in [2.75, 3.05) is 31.1 Å². The summed E-state index contributed by atoms with van der Waals surface area (Å²) in [6, 6.07) is 4.83. The summed E-state index contributed by atoms with van der Waals surface area (Å²) < 4.78 is 0.839. The Labute approximate surface area is 179 Å². The van der Waals surface area contributed by atoms with Gasteiger partial charge in [0.15, 0.2) is 5.13 Å². The third kappa shape index (κ3) is 2.91. The minimum absolute atomic E-state index is 0.0638. The number of anilines is 1. The number of thiazole rings is 1. The van der Waals surface area contributed by atoms with Gasteiger partial charge < -0.3 is 9.80 Å². The highest BCUT2D eigenvalue weighted by molar-refractivity contribution is 7.22. The number of amides is 1. The molecule has 1 aromatic carbocycles. The van der Waals surface area contributed by atoms with Gasteiger partial charge in [-0.1, -0.05) is 11.3 Å². The Morgan fingerprint density at radius 3 is 2.30 bits per heavy atom. The van der Waals surface area contributed by atoms with E-state index in [1.807, 2.05) is 0 Å². The number of rotatable bonds is 3. The Morgan fingerprint density at radius 1 is 1.07 bits per heavy atom. The monoisotopic (exact) mass is 426 g/mol. The molecule has 7 nitrogen and oxygen atoms in total. The lowest BCUT2D eigenvalue weighted by Crippen LogP contribution is -2.58. The fourth-order valence-corrected chi connectivity index (χ4v) is 8.01. The van der Waals surface area contributed by atoms with Gasteiger partial charge in [-0.2, -0.15) is 0 Å². The Bertz CT molecular complexity index is 991. The fourth-order valence-electron chi connectivity index (χ4n) is 6.96. The van der Waals surface area contributed by atoms with Crippen LogP contribution in [-0.2, 0) is 4.79 Å². The second-order valence-corrected chi connectivity index (χ2v) is 10.9. The maximum Gasteiger partial charge on any atom is 0.270 e. The number of non-ortho nitro benzene ring substituents is 1. The van der Waals surface area contributed by atoms with Crippen LogP contribution < -0.4 is 4.90 Å². The number of fused-ring (bicyclic) bond motifs is 1. The molecule has 8 heteroatoms. The summed E-state index contributed by atoms with van der Waals surface area (Å²) in [5, 5.41) is 11.9. The summed E-state index contributed by atoms with van der Waals surface area (Å²) in [6.45, 7) is 3.05. The van der Waals surface area contributed by atoms with Gasteiger partial charge in [0, 0.05) is 38.3 Å². The minimum atomic E-state index is -0.367. The summed E-state index contributed by atoms with van der Waals surface area (Å²) in [6.07, 6.45) is 7.43. The van der Waals surface area contributed by atoms with Crippen molar-refractivity contribution in [2.45, 2.75) is 38.5 Å². The van der Waals surface area contributed by atoms with Gasteiger partial charge in [-0.15, -0.1) is 0 Å². The van der Waals surface area contributed by atoms with E-state index in [0.29, 0.717) is 5.91 Å². The van der Waals surface area contributed by atoms with E-state index < -0.39 is 0 Å². The number of hydrogen-bond donors (Lipinski definition) is 0. The first-order valence-electron chi connectivity index (χ1n) is 11.1. The molecule has 4 bridgehead atoms. The van der Waals surface area contributed by atoms with E-state index in [9.17, 15) is 14.9 Å². The Kier molecular flexibility index (Phi) is 4.10. The number of nitro benzene ring substituents is 1. The van der Waals surface area contributed by atoms with Crippen LogP contribution in [0.25, 0.3) is 10.2 Å². The smallest absolute Gasteiger partial charge is 0.270 e. The van der Waals surface area contributed by atoms with Gasteiger partial charge in [0.25, 0.3) is 5.69 Å². The summed E-state index contributed by atoms with van der Waals surface area (Å²) in [5.41, 5.74) is 0.836. The number of piperazine rings is 1. The third-order valence-corrected chi connectivity index (χ3v) is 8.98. The van der Waals surface area contributed by atoms with E-state index in [4.69, 9.17) is 0 Å². The van der Waals surface area contributed by atoms with E-state index in [1.165, 1.54) is 36.7 Å². The highest BCUT2D eigenvalue weighted by Crippen LogP contribution is 2.60. The van der Waals surface area contributed by atoms with E-state index >= 15 is 0 Å². The Morgan fingerprint density at radius 2 is 1.70 bits per heavy atom. The maximum atomic E-state index is 13.6. The quantitative estimate of drug-likeness (QED) is 0.546. The number of benzene rings is 1. The molecule has 1 aromatic heterocycles. The molecule has 1 aliphatic heterocycles. The van der Waals surface area contributed by atoms with E-state index in [0.717, 1.165) is 78.5 Å². The van der Waals surface area contributed by atoms with E-state index in [1.54, 1.807) is 12.1 Å². The molecule has 4 saturated carbocycles. The van der Waals surface area contributed by atoms with Crippen LogP contribution in [0.3, 0.4) is 0 Å². The van der Waals surface area contributed by atoms with E-state index in [-0.39, 0.29) is 16.0 Å². The van der Waals surface area contributed by atoms with Gasteiger partial charge in [0.1, 0.15) is 0 Å². The van der Waals surface area contributed by atoms with Crippen molar-refractivity contribution in [2.24, 2.45) is 23.2 Å². The Balaban J connectivity index is 1.15. The number of hydrogen-bond acceptors (Lipinski definition) is 6. The molecule has 30 heavy (non-hydrogen) atoms. The second kappa shape index (κ2) is 6.64. The summed E-state index contributed by atoms with van der Waals surface area (Å²) in [7, 11) is 0. The van der Waals surface area contributed by atoms with E-state index in [2.05, 4.69) is 14.8 Å². The van der Waals surface area contributed by atoms with Crippen LogP contribution in [0, 0.1) is 33.3 Å². The number of carbonyl (C=O) groups excluding carboxylic acids is 1. The molecule has 7 rings (SSSR count).